The van der Waals surface area contributed by atoms with Crippen molar-refractivity contribution in [3.05, 3.63) is 247 Å². The molecule has 3 heterocycles. The fraction of sp³-hybridized carbons (Fsp3) is 0.0597. The highest BCUT2D eigenvalue weighted by Gasteiger charge is 2.40. The maximum absolute atomic E-state index is 15.0. The van der Waals surface area contributed by atoms with Crippen LogP contribution in [-0.2, 0) is 24.7 Å². The molecule has 13 aromatic rings. The zero-order chi connectivity index (χ0) is 58.5. The SMILES string of the molecule is FC(F)(F)c1ccc(-c2ccc3c4ccc(-c5ccc(C(F)(F)F)cc5C(F)(F)F)cc4n(-c4ccc(-c5cccc6c5c5ccccc5n6-c5ccccc5)cc4-c4nc(-c5ccccc5)nc(-c5ccccc5)n4)c3c2)c(C(F)(F)F)c1. The Kier molecular flexibility index (Phi) is 12.6. The van der Waals surface area contributed by atoms with Crippen LogP contribution in [0.4, 0.5) is 52.7 Å². The Morgan fingerprint density at radius 1 is 0.274 bits per heavy atom. The summed E-state index contributed by atoms with van der Waals surface area (Å²) in [7, 11) is 0. The Bertz CT molecular complexity index is 4520. The van der Waals surface area contributed by atoms with E-state index in [9.17, 15) is 26.3 Å². The molecule has 84 heavy (non-hydrogen) atoms. The molecule has 414 valence electrons. The lowest BCUT2D eigenvalue weighted by molar-refractivity contribution is -0.144. The van der Waals surface area contributed by atoms with Gasteiger partial charge in [-0.1, -0.05) is 152 Å². The molecule has 13 rings (SSSR count). The van der Waals surface area contributed by atoms with Gasteiger partial charge in [-0.05, 0) is 106 Å². The number of fused-ring (bicyclic) bond motifs is 6. The monoisotopic (exact) mass is 1140 g/mol. The van der Waals surface area contributed by atoms with Crippen molar-refractivity contribution in [2.75, 3.05) is 0 Å². The molecule has 0 fully saturated rings. The Morgan fingerprint density at radius 2 is 0.726 bits per heavy atom. The molecule has 0 saturated carbocycles. The maximum Gasteiger partial charge on any atom is 0.417 e. The first-order valence-corrected chi connectivity index (χ1v) is 25.9. The predicted molar refractivity (Wildman–Crippen MR) is 301 cm³/mol. The summed E-state index contributed by atoms with van der Waals surface area (Å²) in [5.74, 6) is 0.546. The fourth-order valence-electron chi connectivity index (χ4n) is 11.1. The van der Waals surface area contributed by atoms with Crippen LogP contribution in [0.5, 0.6) is 0 Å². The Balaban J connectivity index is 1.15. The summed E-state index contributed by atoms with van der Waals surface area (Å²) in [4.78, 5) is 15.1. The molecule has 0 aliphatic rings. The first kappa shape index (κ1) is 53.3. The van der Waals surface area contributed by atoms with Gasteiger partial charge in [0.1, 0.15) is 0 Å². The van der Waals surface area contributed by atoms with Gasteiger partial charge in [0.2, 0.25) is 0 Å². The van der Waals surface area contributed by atoms with E-state index in [2.05, 4.69) is 4.57 Å². The molecular formula is C67H37F12N5. The van der Waals surface area contributed by atoms with Crippen molar-refractivity contribution in [3.8, 4) is 78.9 Å². The van der Waals surface area contributed by atoms with Gasteiger partial charge < -0.3 is 9.13 Å². The highest BCUT2D eigenvalue weighted by atomic mass is 19.4. The minimum atomic E-state index is -5.28. The summed E-state index contributed by atoms with van der Waals surface area (Å²) in [5.41, 5.74) is -1.79. The van der Waals surface area contributed by atoms with E-state index in [4.69, 9.17) is 15.0 Å². The van der Waals surface area contributed by atoms with E-state index in [1.807, 2.05) is 91.0 Å². The van der Waals surface area contributed by atoms with Crippen LogP contribution in [0.1, 0.15) is 22.3 Å². The molecule has 0 saturated heterocycles. The molecule has 0 aliphatic carbocycles. The van der Waals surface area contributed by atoms with Crippen molar-refractivity contribution >= 4 is 43.6 Å². The van der Waals surface area contributed by atoms with E-state index >= 15 is 26.3 Å². The highest BCUT2D eigenvalue weighted by molar-refractivity contribution is 6.16. The second kappa shape index (κ2) is 19.9. The lowest BCUT2D eigenvalue weighted by Crippen LogP contribution is -2.12. The third-order valence-electron chi connectivity index (χ3n) is 14.9. The predicted octanol–water partition coefficient (Wildman–Crippen LogP) is 20.1. The third-order valence-corrected chi connectivity index (χ3v) is 14.9. The van der Waals surface area contributed by atoms with Crippen LogP contribution in [0.15, 0.2) is 224 Å². The normalized spacial score (nSPS) is 12.5. The van der Waals surface area contributed by atoms with E-state index in [1.165, 1.54) is 36.4 Å². The zero-order valence-corrected chi connectivity index (χ0v) is 43.1. The van der Waals surface area contributed by atoms with Gasteiger partial charge in [0, 0.05) is 43.9 Å². The van der Waals surface area contributed by atoms with Gasteiger partial charge in [-0.2, -0.15) is 52.7 Å². The minimum Gasteiger partial charge on any atom is -0.309 e. The lowest BCUT2D eigenvalue weighted by Gasteiger charge is -2.19. The van der Waals surface area contributed by atoms with Crippen LogP contribution in [0.3, 0.4) is 0 Å². The summed E-state index contributed by atoms with van der Waals surface area (Å²) in [6.45, 7) is 0. The molecule has 0 N–H and O–H groups in total. The molecule has 0 atom stereocenters. The fourth-order valence-corrected chi connectivity index (χ4v) is 11.1. The Labute approximate surface area is 469 Å². The van der Waals surface area contributed by atoms with E-state index in [1.54, 1.807) is 65.2 Å². The smallest absolute Gasteiger partial charge is 0.309 e. The van der Waals surface area contributed by atoms with Gasteiger partial charge in [0.15, 0.2) is 17.5 Å². The van der Waals surface area contributed by atoms with Crippen LogP contribution in [-0.4, -0.2) is 24.1 Å². The third kappa shape index (κ3) is 9.44. The summed E-state index contributed by atoms with van der Waals surface area (Å²) < 4.78 is 178. The molecule has 0 amide bonds. The second-order valence-electron chi connectivity index (χ2n) is 20.0. The second-order valence-corrected chi connectivity index (χ2v) is 20.0. The molecule has 5 nitrogen and oxygen atoms in total. The lowest BCUT2D eigenvalue weighted by atomic mass is 9.95. The molecular weight excluding hydrogens is 1100 g/mol. The molecule has 0 aliphatic heterocycles. The Morgan fingerprint density at radius 3 is 1.24 bits per heavy atom. The van der Waals surface area contributed by atoms with Crippen LogP contribution in [0.25, 0.3) is 123 Å². The largest absolute Gasteiger partial charge is 0.417 e. The molecule has 0 radical (unpaired) electrons. The van der Waals surface area contributed by atoms with E-state index in [0.717, 1.165) is 45.2 Å². The van der Waals surface area contributed by atoms with Gasteiger partial charge in [-0.15, -0.1) is 0 Å². The molecule has 0 bridgehead atoms. The summed E-state index contributed by atoms with van der Waals surface area (Å²) in [6.07, 6.45) is -20.8. The zero-order valence-electron chi connectivity index (χ0n) is 43.1. The number of nitrogens with zero attached hydrogens (tertiary/aromatic N) is 5. The van der Waals surface area contributed by atoms with E-state index in [-0.39, 0.29) is 63.0 Å². The van der Waals surface area contributed by atoms with Crippen LogP contribution in [0, 0.1) is 0 Å². The molecule has 10 aromatic carbocycles. The van der Waals surface area contributed by atoms with Crippen molar-refractivity contribution in [2.24, 2.45) is 0 Å². The molecule has 17 heteroatoms. The van der Waals surface area contributed by atoms with Crippen molar-refractivity contribution < 1.29 is 52.7 Å². The standard InChI is InChI=1S/C67H37F12N5/c68-64(69,70)43-26-30-46(53(36-43)66(74,75)76)41-23-28-49-50-29-24-42(47-31-27-44(65(71,72)73)37-54(47)67(77,78)79)35-59(50)84(58(49)34-41)56-32-25-40(48-20-12-22-57-60(48)51-19-10-11-21-55(51)83(57)45-17-8-3-9-18-45)33-52(56)63-81-61(38-13-4-1-5-14-38)80-62(82-63)39-15-6-2-7-16-39/h1-37H. The van der Waals surface area contributed by atoms with E-state index in [0.29, 0.717) is 39.6 Å². The van der Waals surface area contributed by atoms with Crippen LogP contribution >= 0.6 is 0 Å². The Hall–Kier alpha value is -10.0. The number of aromatic nitrogens is 5. The van der Waals surface area contributed by atoms with Crippen molar-refractivity contribution in [3.63, 3.8) is 0 Å². The van der Waals surface area contributed by atoms with Crippen molar-refractivity contribution in [2.45, 2.75) is 24.7 Å². The molecule has 3 aromatic heterocycles. The average Bonchev–Trinajstić information content (AvgIpc) is 1.95. The quantitative estimate of drug-likeness (QED) is 0.142. The van der Waals surface area contributed by atoms with Gasteiger partial charge in [-0.25, -0.2) is 15.0 Å². The summed E-state index contributed by atoms with van der Waals surface area (Å²) in [5, 5.41) is 2.44. The average molecular weight is 1140 g/mol. The highest BCUT2D eigenvalue weighted by Crippen LogP contribution is 2.48. The number of hydrogen-bond donors (Lipinski definition) is 0. The van der Waals surface area contributed by atoms with Gasteiger partial charge >= 0.3 is 24.7 Å². The number of alkyl halides is 12. The minimum absolute atomic E-state index is 0.0354. The number of halogens is 12. The van der Waals surface area contributed by atoms with Gasteiger partial charge in [0.05, 0.1) is 50.0 Å². The first-order valence-electron chi connectivity index (χ1n) is 25.9. The number of hydrogen-bond acceptors (Lipinski definition) is 3. The first-order chi connectivity index (χ1) is 40.2. The maximum atomic E-state index is 15.0. The van der Waals surface area contributed by atoms with Crippen LogP contribution in [0.2, 0.25) is 0 Å². The van der Waals surface area contributed by atoms with Gasteiger partial charge in [-0.3, -0.25) is 0 Å². The van der Waals surface area contributed by atoms with Crippen molar-refractivity contribution in [1.82, 2.24) is 24.1 Å². The van der Waals surface area contributed by atoms with Crippen molar-refractivity contribution in [1.29, 1.82) is 0 Å². The van der Waals surface area contributed by atoms with Crippen LogP contribution < -0.4 is 0 Å². The number of rotatable bonds is 8. The van der Waals surface area contributed by atoms with E-state index < -0.39 is 58.1 Å². The number of para-hydroxylation sites is 2. The number of benzene rings is 10. The molecule has 0 unspecified atom stereocenters. The summed E-state index contributed by atoms with van der Waals surface area (Å²) >= 11 is 0. The molecule has 0 spiro atoms. The summed E-state index contributed by atoms with van der Waals surface area (Å²) in [6, 6.07) is 57.8. The van der Waals surface area contributed by atoms with Gasteiger partial charge in [0.25, 0.3) is 0 Å². The topological polar surface area (TPSA) is 48.5 Å².